The van der Waals surface area contributed by atoms with Crippen LogP contribution in [0.2, 0.25) is 0 Å². The summed E-state index contributed by atoms with van der Waals surface area (Å²) in [6, 6.07) is 18.0. The van der Waals surface area contributed by atoms with Crippen molar-refractivity contribution >= 4 is 33.4 Å². The van der Waals surface area contributed by atoms with Gasteiger partial charge in [0.1, 0.15) is 17.1 Å². The van der Waals surface area contributed by atoms with Crippen LogP contribution in [0.15, 0.2) is 77.6 Å². The Hall–Kier alpha value is -4.45. The van der Waals surface area contributed by atoms with Gasteiger partial charge in [-0.25, -0.2) is 0 Å². The number of fused-ring (bicyclic) bond motifs is 2. The van der Waals surface area contributed by atoms with Crippen LogP contribution < -0.4 is 14.8 Å². The third-order valence-corrected chi connectivity index (χ3v) is 6.79. The Bertz CT molecular complexity index is 1620. The number of furan rings is 1. The van der Waals surface area contributed by atoms with Gasteiger partial charge in [-0.15, -0.1) is 0 Å². The molecular weight excluding hydrogens is 464 g/mol. The summed E-state index contributed by atoms with van der Waals surface area (Å²) in [6.45, 7) is 4.43. The second kappa shape index (κ2) is 10.3. The summed E-state index contributed by atoms with van der Waals surface area (Å²) in [5, 5.41) is 5.14. The number of carbonyl (C=O) groups is 1. The minimum absolute atomic E-state index is 0.144. The fourth-order valence-corrected chi connectivity index (χ4v) is 4.93. The van der Waals surface area contributed by atoms with Gasteiger partial charge in [-0.1, -0.05) is 36.4 Å². The van der Waals surface area contributed by atoms with Gasteiger partial charge in [0, 0.05) is 57.4 Å². The topological polar surface area (TPSA) is 76.5 Å². The largest absolute Gasteiger partial charge is 0.496 e. The van der Waals surface area contributed by atoms with E-state index in [0.717, 1.165) is 56.5 Å². The summed E-state index contributed by atoms with van der Waals surface area (Å²) in [5.41, 5.74) is 7.43. The van der Waals surface area contributed by atoms with Crippen molar-refractivity contribution in [2.45, 2.75) is 20.3 Å². The Morgan fingerprint density at radius 2 is 1.81 bits per heavy atom. The lowest BCUT2D eigenvalue weighted by molar-refractivity contribution is -0.116. The number of hydrogen-bond donors (Lipinski definition) is 2. The summed E-state index contributed by atoms with van der Waals surface area (Å²) < 4.78 is 17.3. The molecule has 5 aromatic rings. The molecule has 0 saturated carbocycles. The van der Waals surface area contributed by atoms with Crippen molar-refractivity contribution in [1.29, 1.82) is 0 Å². The Morgan fingerprint density at radius 3 is 2.62 bits per heavy atom. The van der Waals surface area contributed by atoms with Crippen molar-refractivity contribution in [2.24, 2.45) is 0 Å². The first kappa shape index (κ1) is 24.3. The summed E-state index contributed by atoms with van der Waals surface area (Å²) in [5.74, 6) is 1.31. The van der Waals surface area contributed by atoms with E-state index < -0.39 is 0 Å². The van der Waals surface area contributed by atoms with E-state index >= 15 is 0 Å². The number of hydrogen-bond acceptors (Lipinski definition) is 4. The highest BCUT2D eigenvalue weighted by atomic mass is 16.5. The molecule has 6 nitrogen and oxygen atoms in total. The van der Waals surface area contributed by atoms with Crippen LogP contribution in [0.1, 0.15) is 23.6 Å². The molecule has 0 saturated heterocycles. The first-order chi connectivity index (χ1) is 18.0. The number of para-hydroxylation sites is 2. The molecule has 6 heteroatoms. The standard InChI is InChI=1S/C31H30N2O4/c1-19(15-29(34)32-14-13-21-17-33-27-11-7-5-9-22(21)27)24-16-25-26(23-10-6-8-12-28(23)35-3)18-37-31(25)20(2)30(24)36-4/h5-12,15-18,33H,13-14H2,1-4H3,(H,32,34)/b19-15+. The number of aromatic amines is 1. The summed E-state index contributed by atoms with van der Waals surface area (Å²) in [7, 11) is 3.29. The molecule has 0 bridgehead atoms. The molecule has 0 aliphatic rings. The van der Waals surface area contributed by atoms with Crippen molar-refractivity contribution in [1.82, 2.24) is 10.3 Å². The minimum atomic E-state index is -0.144. The third-order valence-electron chi connectivity index (χ3n) is 6.79. The molecule has 0 fully saturated rings. The molecule has 37 heavy (non-hydrogen) atoms. The van der Waals surface area contributed by atoms with Gasteiger partial charge in [0.05, 0.1) is 20.5 Å². The fraction of sp³-hybridized carbons (Fsp3) is 0.194. The Kier molecular flexibility index (Phi) is 6.73. The van der Waals surface area contributed by atoms with Crippen molar-refractivity contribution in [2.75, 3.05) is 20.8 Å². The maximum atomic E-state index is 12.8. The van der Waals surface area contributed by atoms with Gasteiger partial charge < -0.3 is 24.2 Å². The Morgan fingerprint density at radius 1 is 1.03 bits per heavy atom. The number of methoxy groups -OCH3 is 2. The Balaban J connectivity index is 1.42. The highest BCUT2D eigenvalue weighted by Gasteiger charge is 2.20. The van der Waals surface area contributed by atoms with E-state index in [9.17, 15) is 4.79 Å². The van der Waals surface area contributed by atoms with E-state index in [2.05, 4.69) is 22.4 Å². The lowest BCUT2D eigenvalue weighted by Crippen LogP contribution is -2.23. The number of allylic oxidation sites excluding steroid dienone is 1. The number of H-pyrrole nitrogens is 1. The second-order valence-electron chi connectivity index (χ2n) is 9.04. The molecular formula is C31H30N2O4. The first-order valence-electron chi connectivity index (χ1n) is 12.3. The van der Waals surface area contributed by atoms with Crippen molar-refractivity contribution in [3.8, 4) is 22.6 Å². The number of carbonyl (C=O) groups excluding carboxylic acids is 1. The highest BCUT2D eigenvalue weighted by Crippen LogP contribution is 2.42. The molecule has 0 spiro atoms. The van der Waals surface area contributed by atoms with Gasteiger partial charge in [-0.3, -0.25) is 4.79 Å². The van der Waals surface area contributed by atoms with E-state index in [1.165, 1.54) is 10.9 Å². The van der Waals surface area contributed by atoms with Gasteiger partial charge in [-0.2, -0.15) is 0 Å². The smallest absolute Gasteiger partial charge is 0.244 e. The minimum Gasteiger partial charge on any atom is -0.496 e. The van der Waals surface area contributed by atoms with Gasteiger partial charge in [0.25, 0.3) is 0 Å². The van der Waals surface area contributed by atoms with Gasteiger partial charge in [-0.05, 0) is 49.6 Å². The molecule has 0 atom stereocenters. The average molecular weight is 495 g/mol. The Labute approximate surface area is 215 Å². The molecule has 3 aromatic carbocycles. The first-order valence-corrected chi connectivity index (χ1v) is 12.3. The van der Waals surface area contributed by atoms with E-state index in [1.54, 1.807) is 26.6 Å². The number of amides is 1. The molecule has 2 aromatic heterocycles. The quantitative estimate of drug-likeness (QED) is 0.236. The van der Waals surface area contributed by atoms with E-state index in [0.29, 0.717) is 12.3 Å². The van der Waals surface area contributed by atoms with Crippen molar-refractivity contribution < 1.29 is 18.7 Å². The average Bonchev–Trinajstić information content (AvgIpc) is 3.53. The number of aryl methyl sites for hydroxylation is 1. The van der Waals surface area contributed by atoms with Crippen LogP contribution >= 0.6 is 0 Å². The molecule has 1 amide bonds. The summed E-state index contributed by atoms with van der Waals surface area (Å²) in [6.07, 6.45) is 6.12. The zero-order chi connectivity index (χ0) is 25.9. The molecule has 0 aliphatic heterocycles. The zero-order valence-corrected chi connectivity index (χ0v) is 21.5. The molecule has 0 unspecified atom stereocenters. The number of aromatic nitrogens is 1. The normalized spacial score (nSPS) is 11.7. The van der Waals surface area contributed by atoms with Crippen LogP contribution in [0.3, 0.4) is 0 Å². The SMILES string of the molecule is COc1ccccc1-c1coc2c(C)c(OC)c(/C(C)=C/C(=O)NCCc3c[nH]c4ccccc34)cc12. The van der Waals surface area contributed by atoms with Crippen LogP contribution in [0.4, 0.5) is 0 Å². The lowest BCUT2D eigenvalue weighted by Gasteiger charge is -2.14. The predicted octanol–water partition coefficient (Wildman–Crippen LogP) is 6.67. The van der Waals surface area contributed by atoms with E-state index in [-0.39, 0.29) is 5.91 Å². The number of benzene rings is 3. The maximum Gasteiger partial charge on any atom is 0.244 e. The number of rotatable bonds is 8. The predicted molar refractivity (Wildman–Crippen MR) is 148 cm³/mol. The monoisotopic (exact) mass is 494 g/mol. The molecule has 0 radical (unpaired) electrons. The summed E-state index contributed by atoms with van der Waals surface area (Å²) >= 11 is 0. The van der Waals surface area contributed by atoms with Crippen LogP contribution in [-0.4, -0.2) is 31.7 Å². The fourth-order valence-electron chi connectivity index (χ4n) is 4.93. The van der Waals surface area contributed by atoms with Crippen LogP contribution in [0.25, 0.3) is 38.6 Å². The van der Waals surface area contributed by atoms with E-state index in [1.807, 2.05) is 62.5 Å². The van der Waals surface area contributed by atoms with Crippen molar-refractivity contribution in [3.63, 3.8) is 0 Å². The third kappa shape index (κ3) is 4.58. The zero-order valence-electron chi connectivity index (χ0n) is 21.5. The summed E-state index contributed by atoms with van der Waals surface area (Å²) in [4.78, 5) is 16.1. The number of nitrogens with one attached hydrogen (secondary N) is 2. The van der Waals surface area contributed by atoms with Gasteiger partial charge in [0.15, 0.2) is 0 Å². The molecule has 0 aliphatic carbocycles. The van der Waals surface area contributed by atoms with E-state index in [4.69, 9.17) is 13.9 Å². The number of ether oxygens (including phenoxy) is 2. The molecule has 5 rings (SSSR count). The van der Waals surface area contributed by atoms with Crippen LogP contribution in [0, 0.1) is 6.92 Å². The van der Waals surface area contributed by atoms with Crippen LogP contribution in [-0.2, 0) is 11.2 Å². The highest BCUT2D eigenvalue weighted by molar-refractivity contribution is 6.02. The van der Waals surface area contributed by atoms with Crippen LogP contribution in [0.5, 0.6) is 11.5 Å². The molecule has 188 valence electrons. The lowest BCUT2D eigenvalue weighted by atomic mass is 9.96. The van der Waals surface area contributed by atoms with Gasteiger partial charge in [0.2, 0.25) is 5.91 Å². The second-order valence-corrected chi connectivity index (χ2v) is 9.04. The molecule has 2 heterocycles. The van der Waals surface area contributed by atoms with Crippen molar-refractivity contribution in [3.05, 3.63) is 89.8 Å². The molecule has 2 N–H and O–H groups in total. The maximum absolute atomic E-state index is 12.8. The van der Waals surface area contributed by atoms with Gasteiger partial charge >= 0.3 is 0 Å².